The Balaban J connectivity index is 3.21. The van der Waals surface area contributed by atoms with Crippen LogP contribution in [0.15, 0.2) is 6.07 Å². The molecule has 1 rings (SSSR count). The second-order valence-corrected chi connectivity index (χ2v) is 6.71. The van der Waals surface area contributed by atoms with E-state index in [1.807, 2.05) is 0 Å². The number of hydrogen-bond acceptors (Lipinski definition) is 1. The molecule has 96 valence electrons. The van der Waals surface area contributed by atoms with Gasteiger partial charge in [-0.05, 0) is 20.8 Å². The van der Waals surface area contributed by atoms with Gasteiger partial charge in [-0.3, -0.25) is 5.09 Å². The zero-order valence-corrected chi connectivity index (χ0v) is 11.1. The highest BCUT2D eigenvalue weighted by Gasteiger charge is 2.27. The van der Waals surface area contributed by atoms with Crippen LogP contribution in [0.1, 0.15) is 20.8 Å². The van der Waals surface area contributed by atoms with Crippen molar-refractivity contribution < 1.29 is 17.6 Å². The molecule has 0 radical (unpaired) electrons. The average molecular weight is 288 g/mol. The van der Waals surface area contributed by atoms with Gasteiger partial charge in [0.15, 0.2) is 23.3 Å². The molecule has 1 unspecified atom stereocenters. The van der Waals surface area contributed by atoms with Gasteiger partial charge in [0.25, 0.3) is 0 Å². The summed E-state index contributed by atoms with van der Waals surface area (Å²) in [7, 11) is -2.05. The Bertz CT molecular complexity index is 407. The lowest BCUT2D eigenvalue weighted by Gasteiger charge is -2.24. The summed E-state index contributed by atoms with van der Waals surface area (Å²) in [6.07, 6.45) is 0. The molecule has 1 aromatic rings. The van der Waals surface area contributed by atoms with Crippen molar-refractivity contribution in [2.45, 2.75) is 26.3 Å². The Labute approximate surface area is 103 Å². The minimum absolute atomic E-state index is 0.158. The monoisotopic (exact) mass is 287 g/mol. The SMILES string of the molecule is CC(C)(C)NP(Cl)c1c(F)c(F)cc(F)c1F. The molecule has 1 aromatic carbocycles. The van der Waals surface area contributed by atoms with E-state index < -0.39 is 41.5 Å². The van der Waals surface area contributed by atoms with Crippen LogP contribution in [0.4, 0.5) is 17.6 Å². The second-order valence-electron chi connectivity index (χ2n) is 4.46. The van der Waals surface area contributed by atoms with Crippen LogP contribution in [0, 0.1) is 23.3 Å². The second kappa shape index (κ2) is 5.09. The van der Waals surface area contributed by atoms with E-state index in [0.717, 1.165) is 0 Å². The maximum Gasteiger partial charge on any atom is 0.172 e. The van der Waals surface area contributed by atoms with Crippen molar-refractivity contribution >= 4 is 24.0 Å². The largest absolute Gasteiger partial charge is 0.275 e. The van der Waals surface area contributed by atoms with Crippen molar-refractivity contribution in [1.29, 1.82) is 0 Å². The maximum absolute atomic E-state index is 13.4. The summed E-state index contributed by atoms with van der Waals surface area (Å²) >= 11 is 5.79. The molecule has 0 aliphatic rings. The smallest absolute Gasteiger partial charge is 0.172 e. The summed E-state index contributed by atoms with van der Waals surface area (Å²) < 4.78 is 52.7. The topological polar surface area (TPSA) is 12.0 Å². The molecule has 0 saturated carbocycles. The number of halogens is 5. The first kappa shape index (κ1) is 14.7. The van der Waals surface area contributed by atoms with Gasteiger partial charge in [-0.2, -0.15) is 0 Å². The third-order valence-corrected chi connectivity index (χ3v) is 4.13. The molecule has 0 aliphatic carbocycles. The normalized spacial score (nSPS) is 13.9. The van der Waals surface area contributed by atoms with Crippen LogP contribution in [-0.2, 0) is 0 Å². The van der Waals surface area contributed by atoms with Crippen LogP contribution < -0.4 is 10.4 Å². The van der Waals surface area contributed by atoms with Gasteiger partial charge in [-0.15, -0.1) is 0 Å². The fourth-order valence-electron chi connectivity index (χ4n) is 1.08. The van der Waals surface area contributed by atoms with Crippen LogP contribution in [0.2, 0.25) is 0 Å². The molecule has 0 heterocycles. The molecule has 0 saturated heterocycles. The van der Waals surface area contributed by atoms with Gasteiger partial charge in [0, 0.05) is 11.6 Å². The van der Waals surface area contributed by atoms with E-state index in [-0.39, 0.29) is 6.07 Å². The van der Waals surface area contributed by atoms with Gasteiger partial charge in [0.05, 0.1) is 12.7 Å². The number of hydrogen-bond donors (Lipinski definition) is 1. The Hall–Kier alpha value is -0.380. The van der Waals surface area contributed by atoms with Crippen LogP contribution in [0.25, 0.3) is 0 Å². The van der Waals surface area contributed by atoms with Gasteiger partial charge >= 0.3 is 0 Å². The molecular formula is C10H11ClF4NP. The number of rotatable bonds is 2. The van der Waals surface area contributed by atoms with E-state index in [9.17, 15) is 17.6 Å². The molecule has 1 N–H and O–H groups in total. The summed E-state index contributed by atoms with van der Waals surface area (Å²) in [5.41, 5.74) is -0.533. The first-order valence-corrected chi connectivity index (χ1v) is 6.95. The fourth-order valence-corrected chi connectivity index (χ4v) is 3.55. The van der Waals surface area contributed by atoms with Crippen molar-refractivity contribution in [2.24, 2.45) is 0 Å². The van der Waals surface area contributed by atoms with Gasteiger partial charge in [-0.1, -0.05) is 11.2 Å². The molecule has 0 amide bonds. The lowest BCUT2D eigenvalue weighted by Crippen LogP contribution is -2.34. The molecule has 0 aromatic heterocycles. The van der Waals surface area contributed by atoms with Crippen molar-refractivity contribution in [3.8, 4) is 0 Å². The van der Waals surface area contributed by atoms with Gasteiger partial charge in [0.1, 0.15) is 0 Å². The Kier molecular flexibility index (Phi) is 4.39. The molecule has 17 heavy (non-hydrogen) atoms. The lowest BCUT2D eigenvalue weighted by molar-refractivity contribution is 0.462. The van der Waals surface area contributed by atoms with E-state index in [2.05, 4.69) is 5.09 Å². The highest BCUT2D eigenvalue weighted by atomic mass is 35.7. The molecule has 1 nitrogen and oxygen atoms in total. The zero-order chi connectivity index (χ0) is 13.4. The van der Waals surface area contributed by atoms with Crippen molar-refractivity contribution in [2.75, 3.05) is 0 Å². The number of benzene rings is 1. The van der Waals surface area contributed by atoms with Crippen LogP contribution in [0.5, 0.6) is 0 Å². The minimum atomic E-state index is -2.05. The molecule has 0 fully saturated rings. The Morgan fingerprint density at radius 2 is 1.47 bits per heavy atom. The third-order valence-electron chi connectivity index (χ3n) is 1.72. The molecule has 1 atom stereocenters. The highest BCUT2D eigenvalue weighted by Crippen LogP contribution is 2.40. The van der Waals surface area contributed by atoms with Crippen LogP contribution in [0.3, 0.4) is 0 Å². The third kappa shape index (κ3) is 3.54. The molecule has 0 bridgehead atoms. The van der Waals surface area contributed by atoms with Gasteiger partial charge in [-0.25, -0.2) is 17.6 Å². The van der Waals surface area contributed by atoms with E-state index in [1.54, 1.807) is 20.8 Å². The van der Waals surface area contributed by atoms with E-state index in [0.29, 0.717) is 0 Å². The predicted molar refractivity (Wildman–Crippen MR) is 61.6 cm³/mol. The highest BCUT2D eigenvalue weighted by molar-refractivity contribution is 7.88. The first-order chi connectivity index (χ1) is 7.63. The maximum atomic E-state index is 13.4. The summed E-state index contributed by atoms with van der Waals surface area (Å²) in [4.78, 5) is 0. The van der Waals surface area contributed by atoms with Gasteiger partial charge in [0.2, 0.25) is 0 Å². The first-order valence-electron chi connectivity index (χ1n) is 4.70. The van der Waals surface area contributed by atoms with Crippen molar-refractivity contribution in [1.82, 2.24) is 5.09 Å². The Morgan fingerprint density at radius 1 is 1.06 bits per heavy atom. The van der Waals surface area contributed by atoms with E-state index >= 15 is 0 Å². The lowest BCUT2D eigenvalue weighted by atomic mass is 10.1. The standard InChI is InChI=1S/C10H11ClF4NP/c1-10(2,3)16-17(11)9-7(14)5(12)4-6(13)8(9)15/h4,16H,1-3H3. The molecule has 0 spiro atoms. The van der Waals surface area contributed by atoms with E-state index in [4.69, 9.17) is 11.2 Å². The molecule has 0 aliphatic heterocycles. The van der Waals surface area contributed by atoms with Crippen molar-refractivity contribution in [3.05, 3.63) is 29.3 Å². The number of nitrogens with one attached hydrogen (secondary N) is 1. The summed E-state index contributed by atoms with van der Waals surface area (Å²) in [6.45, 7) is 5.16. The summed E-state index contributed by atoms with van der Waals surface area (Å²) in [6, 6.07) is 0.158. The molecular weight excluding hydrogens is 277 g/mol. The van der Waals surface area contributed by atoms with Crippen molar-refractivity contribution in [3.63, 3.8) is 0 Å². The summed E-state index contributed by atoms with van der Waals surface area (Å²) in [5.74, 6) is -5.82. The van der Waals surface area contributed by atoms with Crippen LogP contribution in [-0.4, -0.2) is 5.54 Å². The van der Waals surface area contributed by atoms with Gasteiger partial charge < -0.3 is 0 Å². The van der Waals surface area contributed by atoms with E-state index in [1.165, 1.54) is 0 Å². The Morgan fingerprint density at radius 3 is 1.82 bits per heavy atom. The summed E-state index contributed by atoms with van der Waals surface area (Å²) in [5, 5.41) is 1.91. The zero-order valence-electron chi connectivity index (χ0n) is 9.41. The minimum Gasteiger partial charge on any atom is -0.275 e. The fraction of sp³-hybridized carbons (Fsp3) is 0.400. The quantitative estimate of drug-likeness (QED) is 0.495. The average Bonchev–Trinajstić information content (AvgIpc) is 2.12. The predicted octanol–water partition coefficient (Wildman–Crippen LogP) is 3.81. The molecule has 7 heteroatoms. The van der Waals surface area contributed by atoms with Crippen LogP contribution >= 0.6 is 18.7 Å².